The maximum Gasteiger partial charge on any atom is 0.240 e. The van der Waals surface area contributed by atoms with Crippen molar-refractivity contribution in [3.8, 4) is 0 Å². The summed E-state index contributed by atoms with van der Waals surface area (Å²) in [5.41, 5.74) is -0.696. The first-order chi connectivity index (χ1) is 23.2. The molecule has 0 aromatic carbocycles. The molecular weight excluding hydrogens is 587 g/mol. The van der Waals surface area contributed by atoms with Crippen LogP contribution in [-0.4, -0.2) is 49.1 Å². The second kappa shape index (κ2) is 33.0. The van der Waals surface area contributed by atoms with Crippen LogP contribution in [0.5, 0.6) is 0 Å². The average molecular weight is 674 g/mol. The van der Waals surface area contributed by atoms with Gasteiger partial charge in [-0.15, -0.1) is 0 Å². The van der Waals surface area contributed by atoms with Gasteiger partial charge in [-0.1, -0.05) is 154 Å². The standard InChI is InChI=1S/C44H87N3O/c1-8-10-12-14-16-18-20-22-24-26-28-30-32-34-36-38-44(45-40-41-47(6)7,42(48)46-43(3,4)5)39-37-35-33-31-29-27-25-23-21-19-17-15-13-11-9-2/h22-25,45H,8-21,26-41H2,1-7H3,(H,46,48)/b24-22-,25-23?. The minimum atomic E-state index is -0.470. The van der Waals surface area contributed by atoms with Gasteiger partial charge in [0.2, 0.25) is 5.91 Å². The normalized spacial score (nSPS) is 13.7. The maximum atomic E-state index is 13.9. The van der Waals surface area contributed by atoms with Crippen molar-refractivity contribution in [1.82, 2.24) is 15.5 Å². The molecule has 0 aliphatic carbocycles. The van der Waals surface area contributed by atoms with Crippen molar-refractivity contribution in [3.05, 3.63) is 24.3 Å². The zero-order valence-electron chi connectivity index (χ0n) is 33.9. The second-order valence-corrected chi connectivity index (χ2v) is 16.2. The van der Waals surface area contributed by atoms with Crippen molar-refractivity contribution in [2.24, 2.45) is 0 Å². The van der Waals surface area contributed by atoms with Crippen LogP contribution in [-0.2, 0) is 4.79 Å². The summed E-state index contributed by atoms with van der Waals surface area (Å²) < 4.78 is 0. The Hall–Kier alpha value is -1.13. The van der Waals surface area contributed by atoms with Crippen molar-refractivity contribution in [2.45, 2.75) is 225 Å². The lowest BCUT2D eigenvalue weighted by atomic mass is 9.84. The number of carbonyl (C=O) groups is 1. The van der Waals surface area contributed by atoms with Crippen LogP contribution in [0.25, 0.3) is 0 Å². The Bertz CT molecular complexity index is 711. The summed E-state index contributed by atoms with van der Waals surface area (Å²) in [5, 5.41) is 7.19. The quantitative estimate of drug-likeness (QED) is 0.0520. The Kier molecular flexibility index (Phi) is 32.3. The number of hydrogen-bond donors (Lipinski definition) is 2. The van der Waals surface area contributed by atoms with Gasteiger partial charge in [-0.3, -0.25) is 4.79 Å². The smallest absolute Gasteiger partial charge is 0.240 e. The van der Waals surface area contributed by atoms with Gasteiger partial charge in [0.25, 0.3) is 0 Å². The van der Waals surface area contributed by atoms with Crippen LogP contribution in [0.1, 0.15) is 214 Å². The average Bonchev–Trinajstić information content (AvgIpc) is 3.03. The minimum absolute atomic E-state index is 0.208. The van der Waals surface area contributed by atoms with Crippen molar-refractivity contribution >= 4 is 5.91 Å². The fourth-order valence-electron chi connectivity index (χ4n) is 6.58. The number of amides is 1. The maximum absolute atomic E-state index is 13.9. The van der Waals surface area contributed by atoms with Crippen molar-refractivity contribution < 1.29 is 4.79 Å². The molecule has 1 unspecified atom stereocenters. The van der Waals surface area contributed by atoms with Crippen molar-refractivity contribution in [2.75, 3.05) is 27.2 Å². The molecule has 0 aromatic heterocycles. The van der Waals surface area contributed by atoms with Crippen molar-refractivity contribution in [3.63, 3.8) is 0 Å². The molecule has 0 aliphatic rings. The van der Waals surface area contributed by atoms with E-state index < -0.39 is 5.54 Å². The molecule has 48 heavy (non-hydrogen) atoms. The molecule has 0 saturated carbocycles. The van der Waals surface area contributed by atoms with Gasteiger partial charge >= 0.3 is 0 Å². The molecule has 0 bridgehead atoms. The third-order valence-electron chi connectivity index (χ3n) is 9.68. The van der Waals surface area contributed by atoms with E-state index in [4.69, 9.17) is 0 Å². The molecule has 0 heterocycles. The highest BCUT2D eigenvalue weighted by Gasteiger charge is 2.38. The predicted molar refractivity (Wildman–Crippen MR) is 216 cm³/mol. The number of likely N-dealkylation sites (N-methyl/N-ethyl adjacent to an activating group) is 1. The molecule has 0 spiro atoms. The zero-order valence-corrected chi connectivity index (χ0v) is 33.9. The highest BCUT2D eigenvalue weighted by molar-refractivity contribution is 5.86. The number of carbonyl (C=O) groups excluding carboxylic acids is 1. The number of nitrogens with one attached hydrogen (secondary N) is 2. The van der Waals surface area contributed by atoms with Crippen molar-refractivity contribution in [1.29, 1.82) is 0 Å². The third-order valence-corrected chi connectivity index (χ3v) is 9.68. The van der Waals surface area contributed by atoms with Gasteiger partial charge in [0.1, 0.15) is 0 Å². The Morgan fingerprint density at radius 2 is 0.854 bits per heavy atom. The summed E-state index contributed by atoms with van der Waals surface area (Å²) in [5.74, 6) is 0.208. The number of nitrogens with zero attached hydrogens (tertiary/aromatic N) is 1. The number of hydrogen-bond acceptors (Lipinski definition) is 3. The number of allylic oxidation sites excluding steroid dienone is 4. The Morgan fingerprint density at radius 1 is 0.521 bits per heavy atom. The van der Waals surface area contributed by atoms with Crippen LogP contribution < -0.4 is 10.6 Å². The second-order valence-electron chi connectivity index (χ2n) is 16.2. The van der Waals surface area contributed by atoms with E-state index in [2.05, 4.69) is 88.6 Å². The highest BCUT2D eigenvalue weighted by Crippen LogP contribution is 2.25. The molecule has 1 amide bonds. The van der Waals surface area contributed by atoms with E-state index in [9.17, 15) is 4.79 Å². The van der Waals surface area contributed by atoms with E-state index in [1.807, 2.05) is 0 Å². The first-order valence-electron chi connectivity index (χ1n) is 21.2. The summed E-state index contributed by atoms with van der Waals surface area (Å²) in [6, 6.07) is 0. The molecule has 284 valence electrons. The van der Waals surface area contributed by atoms with Gasteiger partial charge in [-0.2, -0.15) is 0 Å². The molecular formula is C44H87N3O. The molecule has 4 nitrogen and oxygen atoms in total. The summed E-state index contributed by atoms with van der Waals surface area (Å²) >= 11 is 0. The molecule has 1 atom stereocenters. The van der Waals surface area contributed by atoms with Gasteiger partial charge in [-0.25, -0.2) is 0 Å². The van der Waals surface area contributed by atoms with E-state index in [0.717, 1.165) is 38.8 Å². The van der Waals surface area contributed by atoms with Gasteiger partial charge in [0.15, 0.2) is 0 Å². The SMILES string of the molecule is CCCCCCCCC=CCCCCCCCC(CCCCCCC/C=C\CCCCCCCC)(NCCN(C)C)C(=O)NC(C)(C)C. The summed E-state index contributed by atoms with van der Waals surface area (Å²) in [4.78, 5) is 16.1. The van der Waals surface area contributed by atoms with E-state index in [0.29, 0.717) is 0 Å². The Balaban J connectivity index is 4.63. The molecule has 0 radical (unpaired) electrons. The zero-order chi connectivity index (χ0) is 35.6. The summed E-state index contributed by atoms with van der Waals surface area (Å²) in [6.45, 7) is 12.7. The lowest BCUT2D eigenvalue weighted by Crippen LogP contribution is -2.61. The van der Waals surface area contributed by atoms with E-state index in [1.165, 1.54) is 154 Å². The fraction of sp³-hybridized carbons (Fsp3) is 0.886. The molecule has 0 saturated heterocycles. The molecule has 0 rings (SSSR count). The number of rotatable bonds is 35. The van der Waals surface area contributed by atoms with Gasteiger partial charge in [0, 0.05) is 18.6 Å². The highest BCUT2D eigenvalue weighted by atomic mass is 16.2. The lowest BCUT2D eigenvalue weighted by molar-refractivity contribution is -0.130. The minimum Gasteiger partial charge on any atom is -0.350 e. The van der Waals surface area contributed by atoms with Crippen LogP contribution >= 0.6 is 0 Å². The largest absolute Gasteiger partial charge is 0.350 e. The van der Waals surface area contributed by atoms with Crippen LogP contribution in [0.3, 0.4) is 0 Å². The fourth-order valence-corrected chi connectivity index (χ4v) is 6.58. The van der Waals surface area contributed by atoms with Gasteiger partial charge < -0.3 is 15.5 Å². The first-order valence-corrected chi connectivity index (χ1v) is 21.2. The van der Waals surface area contributed by atoms with Gasteiger partial charge in [0.05, 0.1) is 5.54 Å². The Labute approximate surface area is 302 Å². The van der Waals surface area contributed by atoms with Crippen LogP contribution in [0.4, 0.5) is 0 Å². The molecule has 2 N–H and O–H groups in total. The monoisotopic (exact) mass is 674 g/mol. The molecule has 0 aliphatic heterocycles. The topological polar surface area (TPSA) is 44.4 Å². The van der Waals surface area contributed by atoms with E-state index >= 15 is 0 Å². The van der Waals surface area contributed by atoms with E-state index in [-0.39, 0.29) is 11.4 Å². The summed E-state index contributed by atoms with van der Waals surface area (Å²) in [7, 11) is 4.23. The third kappa shape index (κ3) is 30.9. The Morgan fingerprint density at radius 3 is 1.19 bits per heavy atom. The first kappa shape index (κ1) is 46.9. The van der Waals surface area contributed by atoms with Gasteiger partial charge in [-0.05, 0) is 99.1 Å². The predicted octanol–water partition coefficient (Wildman–Crippen LogP) is 12.9. The van der Waals surface area contributed by atoms with Crippen LogP contribution in [0, 0.1) is 0 Å². The number of unbranched alkanes of at least 4 members (excludes halogenated alkanes) is 22. The molecule has 4 heteroatoms. The molecule has 0 aromatic rings. The lowest BCUT2D eigenvalue weighted by Gasteiger charge is -2.37. The van der Waals surface area contributed by atoms with E-state index in [1.54, 1.807) is 0 Å². The molecule has 0 fully saturated rings. The van der Waals surface area contributed by atoms with Crippen LogP contribution in [0.15, 0.2) is 24.3 Å². The van der Waals surface area contributed by atoms with Crippen LogP contribution in [0.2, 0.25) is 0 Å². The summed E-state index contributed by atoms with van der Waals surface area (Å²) in [6.07, 6.45) is 45.4.